The van der Waals surface area contributed by atoms with Crippen molar-refractivity contribution >= 4 is 21.9 Å². The van der Waals surface area contributed by atoms with E-state index in [4.69, 9.17) is 5.11 Å². The molecule has 1 aromatic rings. The lowest BCUT2D eigenvalue weighted by Crippen LogP contribution is -2.35. The Morgan fingerprint density at radius 1 is 1.42 bits per heavy atom. The molecule has 1 unspecified atom stereocenters. The maximum atomic E-state index is 13.9. The van der Waals surface area contributed by atoms with E-state index in [9.17, 15) is 9.18 Å². The van der Waals surface area contributed by atoms with Crippen molar-refractivity contribution in [3.63, 3.8) is 0 Å². The van der Waals surface area contributed by atoms with Crippen molar-refractivity contribution in [1.29, 1.82) is 0 Å². The first-order chi connectivity index (χ1) is 8.82. The Balaban J connectivity index is 2.95. The van der Waals surface area contributed by atoms with Crippen molar-refractivity contribution in [2.24, 2.45) is 0 Å². The molecule has 1 N–H and O–H groups in total. The number of benzene rings is 1. The van der Waals surface area contributed by atoms with Gasteiger partial charge in [-0.3, -0.25) is 9.69 Å². The minimum Gasteiger partial charge on any atom is -0.481 e. The normalized spacial score (nSPS) is 13.0. The summed E-state index contributed by atoms with van der Waals surface area (Å²) in [6.45, 7) is 6.26. The lowest BCUT2D eigenvalue weighted by atomic mass is 10.0. The topological polar surface area (TPSA) is 40.5 Å². The summed E-state index contributed by atoms with van der Waals surface area (Å²) < 4.78 is 14.7. The highest BCUT2D eigenvalue weighted by Crippen LogP contribution is 2.27. The van der Waals surface area contributed by atoms with Crippen LogP contribution in [0.3, 0.4) is 0 Å². The molecule has 0 heterocycles. The lowest BCUT2D eigenvalue weighted by molar-refractivity contribution is -0.137. The number of aliphatic carboxylic acids is 1. The van der Waals surface area contributed by atoms with Crippen LogP contribution < -0.4 is 0 Å². The fraction of sp³-hybridized carbons (Fsp3) is 0.500. The summed E-state index contributed by atoms with van der Waals surface area (Å²) in [6.07, 6.45) is 0.0537. The lowest BCUT2D eigenvalue weighted by Gasteiger charge is -2.32. The standard InChI is InChI=1S/C14H19BrFNO2/c1-9(2)17(7-6-14(18)19)10(3)12-8-11(15)4-5-13(12)16/h4-5,8-10H,6-7H2,1-3H3,(H,18,19). The van der Waals surface area contributed by atoms with Crippen molar-refractivity contribution in [2.45, 2.75) is 39.3 Å². The molecule has 1 rings (SSSR count). The summed E-state index contributed by atoms with van der Waals surface area (Å²) in [7, 11) is 0. The molecule has 1 aromatic carbocycles. The van der Waals surface area contributed by atoms with Crippen LogP contribution in [0.4, 0.5) is 4.39 Å². The Labute approximate surface area is 121 Å². The maximum Gasteiger partial charge on any atom is 0.304 e. The second-order valence-electron chi connectivity index (χ2n) is 4.82. The molecule has 0 amide bonds. The zero-order valence-electron chi connectivity index (χ0n) is 11.4. The van der Waals surface area contributed by atoms with Crippen LogP contribution >= 0.6 is 15.9 Å². The van der Waals surface area contributed by atoms with Gasteiger partial charge in [0.1, 0.15) is 5.82 Å². The molecule has 3 nitrogen and oxygen atoms in total. The van der Waals surface area contributed by atoms with Crippen molar-refractivity contribution in [3.8, 4) is 0 Å². The van der Waals surface area contributed by atoms with Crippen LogP contribution in [-0.2, 0) is 4.79 Å². The monoisotopic (exact) mass is 331 g/mol. The van der Waals surface area contributed by atoms with Crippen molar-refractivity contribution in [1.82, 2.24) is 4.90 Å². The first-order valence-corrected chi connectivity index (χ1v) is 7.04. The third kappa shape index (κ3) is 4.58. The van der Waals surface area contributed by atoms with E-state index < -0.39 is 5.97 Å². The summed E-state index contributed by atoms with van der Waals surface area (Å²) in [6, 6.07) is 4.80. The molecule has 0 bridgehead atoms. The Hall–Kier alpha value is -0.940. The van der Waals surface area contributed by atoms with E-state index in [1.807, 2.05) is 25.7 Å². The van der Waals surface area contributed by atoms with Gasteiger partial charge in [0.15, 0.2) is 0 Å². The van der Waals surface area contributed by atoms with E-state index in [0.717, 1.165) is 4.47 Å². The SMILES string of the molecule is CC(C)N(CCC(=O)O)C(C)c1cc(Br)ccc1F. The molecule has 0 saturated heterocycles. The number of nitrogens with zero attached hydrogens (tertiary/aromatic N) is 1. The average molecular weight is 332 g/mol. The highest BCUT2D eigenvalue weighted by atomic mass is 79.9. The minimum atomic E-state index is -0.840. The van der Waals surface area contributed by atoms with Crippen molar-refractivity contribution in [2.75, 3.05) is 6.54 Å². The first-order valence-electron chi connectivity index (χ1n) is 6.25. The van der Waals surface area contributed by atoms with Crippen LogP contribution in [0.2, 0.25) is 0 Å². The van der Waals surface area contributed by atoms with Crippen LogP contribution in [-0.4, -0.2) is 28.6 Å². The largest absolute Gasteiger partial charge is 0.481 e. The quantitative estimate of drug-likeness (QED) is 0.861. The van der Waals surface area contributed by atoms with Crippen molar-refractivity contribution < 1.29 is 14.3 Å². The Bertz CT molecular complexity index is 451. The zero-order chi connectivity index (χ0) is 14.6. The third-order valence-electron chi connectivity index (χ3n) is 3.15. The summed E-state index contributed by atoms with van der Waals surface area (Å²) in [5.74, 6) is -1.11. The minimum absolute atomic E-state index is 0.0537. The van der Waals surface area contributed by atoms with Gasteiger partial charge in [-0.05, 0) is 39.0 Å². The van der Waals surface area contributed by atoms with Gasteiger partial charge in [-0.1, -0.05) is 15.9 Å². The van der Waals surface area contributed by atoms with Gasteiger partial charge in [0, 0.05) is 28.7 Å². The van der Waals surface area contributed by atoms with Crippen LogP contribution in [0.1, 0.15) is 38.8 Å². The Morgan fingerprint density at radius 2 is 2.05 bits per heavy atom. The summed E-state index contributed by atoms with van der Waals surface area (Å²) >= 11 is 3.33. The molecule has 0 fully saturated rings. The molecular weight excluding hydrogens is 313 g/mol. The van der Waals surface area contributed by atoms with Crippen LogP contribution in [0.5, 0.6) is 0 Å². The fourth-order valence-corrected chi connectivity index (χ4v) is 2.52. The van der Waals surface area contributed by atoms with E-state index in [-0.39, 0.29) is 24.3 Å². The molecule has 1 atom stereocenters. The number of hydrogen-bond acceptors (Lipinski definition) is 2. The highest BCUT2D eigenvalue weighted by molar-refractivity contribution is 9.10. The third-order valence-corrected chi connectivity index (χ3v) is 3.65. The van der Waals surface area contributed by atoms with Gasteiger partial charge in [-0.25, -0.2) is 4.39 Å². The van der Waals surface area contributed by atoms with Gasteiger partial charge in [0.05, 0.1) is 6.42 Å². The summed E-state index contributed by atoms with van der Waals surface area (Å²) in [5.41, 5.74) is 0.577. The zero-order valence-corrected chi connectivity index (χ0v) is 12.9. The van der Waals surface area contributed by atoms with E-state index >= 15 is 0 Å². The number of carbonyl (C=O) groups is 1. The Morgan fingerprint density at radius 3 is 2.58 bits per heavy atom. The van der Waals surface area contributed by atoms with E-state index in [1.165, 1.54) is 6.07 Å². The molecule has 19 heavy (non-hydrogen) atoms. The average Bonchev–Trinajstić information content (AvgIpc) is 2.31. The number of hydrogen-bond donors (Lipinski definition) is 1. The second-order valence-corrected chi connectivity index (χ2v) is 5.73. The van der Waals surface area contributed by atoms with E-state index in [0.29, 0.717) is 12.1 Å². The molecule has 0 saturated carbocycles. The number of carboxylic acid groups (broad SMARTS) is 1. The molecule has 0 radical (unpaired) electrons. The smallest absolute Gasteiger partial charge is 0.304 e. The van der Waals surface area contributed by atoms with Gasteiger partial charge >= 0.3 is 5.97 Å². The van der Waals surface area contributed by atoms with E-state index in [1.54, 1.807) is 12.1 Å². The molecular formula is C14H19BrFNO2. The predicted octanol–water partition coefficient (Wildman–Crippen LogP) is 3.83. The first kappa shape index (κ1) is 16.1. The van der Waals surface area contributed by atoms with Crippen molar-refractivity contribution in [3.05, 3.63) is 34.1 Å². The van der Waals surface area contributed by atoms with Gasteiger partial charge < -0.3 is 5.11 Å². The summed E-state index contributed by atoms with van der Waals surface area (Å²) in [5, 5.41) is 8.79. The maximum absolute atomic E-state index is 13.9. The molecule has 5 heteroatoms. The molecule has 106 valence electrons. The van der Waals surface area contributed by atoms with Gasteiger partial charge in [-0.2, -0.15) is 0 Å². The number of rotatable bonds is 6. The molecule has 0 aliphatic carbocycles. The molecule has 0 aliphatic heterocycles. The second kappa shape index (κ2) is 7.01. The Kier molecular flexibility index (Phi) is 5.94. The van der Waals surface area contributed by atoms with E-state index in [2.05, 4.69) is 15.9 Å². The molecule has 0 aliphatic rings. The van der Waals surface area contributed by atoms with Gasteiger partial charge in [0.25, 0.3) is 0 Å². The highest BCUT2D eigenvalue weighted by Gasteiger charge is 2.22. The number of halogens is 2. The van der Waals surface area contributed by atoms with Gasteiger partial charge in [-0.15, -0.1) is 0 Å². The molecule has 0 spiro atoms. The van der Waals surface area contributed by atoms with Gasteiger partial charge in [0.2, 0.25) is 0 Å². The van der Waals surface area contributed by atoms with Crippen LogP contribution in [0.25, 0.3) is 0 Å². The van der Waals surface area contributed by atoms with Crippen LogP contribution in [0.15, 0.2) is 22.7 Å². The molecule has 0 aromatic heterocycles. The number of carboxylic acids is 1. The predicted molar refractivity (Wildman–Crippen MR) is 76.6 cm³/mol. The fourth-order valence-electron chi connectivity index (χ4n) is 2.14. The van der Waals surface area contributed by atoms with Crippen LogP contribution in [0, 0.1) is 5.82 Å². The summed E-state index contributed by atoms with van der Waals surface area (Å²) in [4.78, 5) is 12.7.